The first kappa shape index (κ1) is 38.1. The number of benzene rings is 1. The van der Waals surface area contributed by atoms with E-state index in [4.69, 9.17) is 9.47 Å². The zero-order valence-electron chi connectivity index (χ0n) is 26.4. The molecule has 0 heterocycles. The van der Waals surface area contributed by atoms with Gasteiger partial charge in [-0.15, -0.1) is 0 Å². The highest BCUT2D eigenvalue weighted by Gasteiger charge is 2.43. The van der Waals surface area contributed by atoms with Crippen LogP contribution >= 0.6 is 0 Å². The molecule has 0 aliphatic carbocycles. The minimum absolute atomic E-state index is 0.0139. The van der Waals surface area contributed by atoms with Crippen molar-refractivity contribution in [2.45, 2.75) is 136 Å². The van der Waals surface area contributed by atoms with Crippen molar-refractivity contribution in [1.29, 1.82) is 0 Å². The summed E-state index contributed by atoms with van der Waals surface area (Å²) >= 11 is 0. The number of rotatable bonds is 21. The van der Waals surface area contributed by atoms with Gasteiger partial charge in [-0.25, -0.2) is 0 Å². The Morgan fingerprint density at radius 2 is 1.23 bits per heavy atom. The molecule has 1 N–H and O–H groups in total. The zero-order valence-corrected chi connectivity index (χ0v) is 26.4. The predicted octanol–water partition coefficient (Wildman–Crippen LogP) is 8.39. The number of anilines is 1. The second-order valence-corrected chi connectivity index (χ2v) is 11.9. The molecule has 7 nitrogen and oxygen atoms in total. The van der Waals surface area contributed by atoms with E-state index in [1.54, 1.807) is 20.8 Å². The summed E-state index contributed by atoms with van der Waals surface area (Å²) < 4.78 is 50.1. The molecule has 1 aromatic carbocycles. The summed E-state index contributed by atoms with van der Waals surface area (Å²) in [6.45, 7) is 8.45. The number of hydrogen-bond acceptors (Lipinski definition) is 7. The Kier molecular flexibility index (Phi) is 17.2. The Morgan fingerprint density at radius 3 is 1.67 bits per heavy atom. The average molecular weight is 614 g/mol. The standard InChI is InChI=1S/C33H50F3NO6/c1-6-8-9-10-11-12-13-14-15-16-17-18-19-26(29(39)33(34,35)36)37-25-22-20-24(21-23-25)28(38)27(30(40)42-7-2)31(41)43-32(3,4)5/h20-23,26-27,37H,6-19H2,1-5H3. The minimum Gasteiger partial charge on any atom is -0.465 e. The third kappa shape index (κ3) is 15.4. The van der Waals surface area contributed by atoms with Crippen molar-refractivity contribution >= 4 is 29.2 Å². The molecular weight excluding hydrogens is 563 g/mol. The maximum Gasteiger partial charge on any atom is 0.452 e. The number of alkyl halides is 3. The maximum absolute atomic E-state index is 13.3. The van der Waals surface area contributed by atoms with Crippen LogP contribution in [0.4, 0.5) is 18.9 Å². The van der Waals surface area contributed by atoms with Crippen LogP contribution in [0.5, 0.6) is 0 Å². The summed E-state index contributed by atoms with van der Waals surface area (Å²) in [4.78, 5) is 50.3. The van der Waals surface area contributed by atoms with Crippen LogP contribution in [0.2, 0.25) is 0 Å². The molecule has 2 unspecified atom stereocenters. The van der Waals surface area contributed by atoms with Gasteiger partial charge >= 0.3 is 18.1 Å². The lowest BCUT2D eigenvalue weighted by Crippen LogP contribution is -2.39. The largest absolute Gasteiger partial charge is 0.465 e. The molecule has 0 saturated carbocycles. The first-order valence-corrected chi connectivity index (χ1v) is 15.6. The molecule has 0 aromatic heterocycles. The van der Waals surface area contributed by atoms with Gasteiger partial charge in [0.1, 0.15) is 5.60 Å². The molecule has 2 atom stereocenters. The van der Waals surface area contributed by atoms with Gasteiger partial charge in [-0.3, -0.25) is 19.2 Å². The normalized spacial score (nSPS) is 13.2. The fraction of sp³-hybridized carbons (Fsp3) is 0.697. The van der Waals surface area contributed by atoms with Gasteiger partial charge in [-0.1, -0.05) is 84.0 Å². The first-order chi connectivity index (χ1) is 20.2. The average Bonchev–Trinajstić information content (AvgIpc) is 2.91. The highest BCUT2D eigenvalue weighted by atomic mass is 19.4. The van der Waals surface area contributed by atoms with Gasteiger partial charge in [0.25, 0.3) is 5.78 Å². The van der Waals surface area contributed by atoms with Crippen molar-refractivity contribution in [2.75, 3.05) is 11.9 Å². The third-order valence-corrected chi connectivity index (χ3v) is 6.88. The van der Waals surface area contributed by atoms with Gasteiger partial charge in [-0.2, -0.15) is 13.2 Å². The van der Waals surface area contributed by atoms with Crippen molar-refractivity contribution in [1.82, 2.24) is 0 Å². The topological polar surface area (TPSA) is 98.8 Å². The van der Waals surface area contributed by atoms with E-state index >= 15 is 0 Å². The molecule has 0 amide bonds. The summed E-state index contributed by atoms with van der Waals surface area (Å²) in [6.07, 6.45) is 7.94. The molecule has 0 aliphatic heterocycles. The molecule has 43 heavy (non-hydrogen) atoms. The number of esters is 2. The van der Waals surface area contributed by atoms with Gasteiger partial charge < -0.3 is 14.8 Å². The SMILES string of the molecule is CCCCCCCCCCCCCCC(Nc1ccc(C(=O)C(C(=O)OCC)C(=O)OC(C)(C)C)cc1)C(=O)C(F)(F)F. The lowest BCUT2D eigenvalue weighted by molar-refractivity contribution is -0.172. The summed E-state index contributed by atoms with van der Waals surface area (Å²) in [6, 6.07) is 3.76. The number of carbonyl (C=O) groups is 4. The Bertz CT molecular complexity index is 1000. The second-order valence-electron chi connectivity index (χ2n) is 11.9. The molecule has 0 spiro atoms. The van der Waals surface area contributed by atoms with Crippen LogP contribution in [0.15, 0.2) is 24.3 Å². The molecule has 0 fully saturated rings. The van der Waals surface area contributed by atoms with Crippen LogP contribution < -0.4 is 5.32 Å². The maximum atomic E-state index is 13.3. The van der Waals surface area contributed by atoms with E-state index < -0.39 is 47.2 Å². The molecule has 1 rings (SSSR count). The van der Waals surface area contributed by atoms with Crippen LogP contribution in [0.3, 0.4) is 0 Å². The monoisotopic (exact) mass is 613 g/mol. The predicted molar refractivity (Wildman–Crippen MR) is 161 cm³/mol. The highest BCUT2D eigenvalue weighted by molar-refractivity contribution is 6.20. The van der Waals surface area contributed by atoms with Crippen LogP contribution in [0.25, 0.3) is 0 Å². The number of ketones is 2. The molecule has 10 heteroatoms. The van der Waals surface area contributed by atoms with Crippen molar-refractivity contribution in [3.63, 3.8) is 0 Å². The van der Waals surface area contributed by atoms with Crippen LogP contribution in [0, 0.1) is 5.92 Å². The van der Waals surface area contributed by atoms with Gasteiger partial charge in [0.15, 0.2) is 5.78 Å². The fourth-order valence-electron chi connectivity index (χ4n) is 4.65. The van der Waals surface area contributed by atoms with Crippen molar-refractivity contribution in [3.8, 4) is 0 Å². The highest BCUT2D eigenvalue weighted by Crippen LogP contribution is 2.25. The third-order valence-electron chi connectivity index (χ3n) is 6.88. The summed E-state index contributed by atoms with van der Waals surface area (Å²) in [5, 5.41) is 2.65. The smallest absolute Gasteiger partial charge is 0.452 e. The minimum atomic E-state index is -5.00. The van der Waals surface area contributed by atoms with Crippen molar-refractivity contribution < 1.29 is 41.8 Å². The van der Waals surface area contributed by atoms with Crippen LogP contribution in [0.1, 0.15) is 128 Å². The molecule has 244 valence electrons. The van der Waals surface area contributed by atoms with Gasteiger partial charge in [0.05, 0.1) is 12.6 Å². The van der Waals surface area contributed by atoms with E-state index in [2.05, 4.69) is 12.2 Å². The van der Waals surface area contributed by atoms with Gasteiger partial charge in [0, 0.05) is 11.3 Å². The van der Waals surface area contributed by atoms with Crippen LogP contribution in [-0.4, -0.2) is 47.9 Å². The van der Waals surface area contributed by atoms with E-state index in [-0.39, 0.29) is 24.3 Å². The van der Waals surface area contributed by atoms with Crippen molar-refractivity contribution in [3.05, 3.63) is 29.8 Å². The number of halogens is 3. The molecular formula is C33H50F3NO6. The summed E-state index contributed by atoms with van der Waals surface area (Å²) in [7, 11) is 0. The van der Waals surface area contributed by atoms with E-state index in [1.165, 1.54) is 76.1 Å². The lowest BCUT2D eigenvalue weighted by Gasteiger charge is -2.23. The molecule has 0 bridgehead atoms. The number of Topliss-reactive ketones (excluding diaryl/α,β-unsaturated/α-hetero) is 2. The number of unbranched alkanes of at least 4 members (excludes halogenated alkanes) is 11. The lowest BCUT2D eigenvalue weighted by atomic mass is 9.96. The molecule has 1 aromatic rings. The fourth-order valence-corrected chi connectivity index (χ4v) is 4.65. The number of carbonyl (C=O) groups excluding carboxylic acids is 4. The van der Waals surface area contributed by atoms with E-state index in [9.17, 15) is 32.3 Å². The number of nitrogens with one attached hydrogen (secondary N) is 1. The molecule has 0 aliphatic rings. The molecule has 0 radical (unpaired) electrons. The first-order valence-electron chi connectivity index (χ1n) is 15.6. The van der Waals surface area contributed by atoms with Crippen LogP contribution in [-0.2, 0) is 23.9 Å². The van der Waals surface area contributed by atoms with E-state index in [0.29, 0.717) is 6.42 Å². The van der Waals surface area contributed by atoms with Gasteiger partial charge in [-0.05, 0) is 58.4 Å². The summed E-state index contributed by atoms with van der Waals surface area (Å²) in [5.41, 5.74) is -0.791. The zero-order chi connectivity index (χ0) is 32.5. The molecule has 0 saturated heterocycles. The number of ether oxygens (including phenoxy) is 2. The Labute approximate surface area is 254 Å². The van der Waals surface area contributed by atoms with E-state index in [0.717, 1.165) is 25.7 Å². The van der Waals surface area contributed by atoms with E-state index in [1.807, 2.05) is 0 Å². The Morgan fingerprint density at radius 1 is 0.744 bits per heavy atom. The Balaban J connectivity index is 2.76. The van der Waals surface area contributed by atoms with Gasteiger partial charge in [0.2, 0.25) is 5.92 Å². The second kappa shape index (κ2) is 19.4. The quantitative estimate of drug-likeness (QED) is 0.0643. The Hall–Kier alpha value is -2.91. The summed E-state index contributed by atoms with van der Waals surface area (Å²) in [5.74, 6) is -6.68. The van der Waals surface area contributed by atoms with Crippen molar-refractivity contribution in [2.24, 2.45) is 5.92 Å². The number of hydrogen-bond donors (Lipinski definition) is 1.